The van der Waals surface area contributed by atoms with Crippen LogP contribution in [0.2, 0.25) is 0 Å². The van der Waals surface area contributed by atoms with E-state index in [1.54, 1.807) is 22.6 Å². The van der Waals surface area contributed by atoms with Gasteiger partial charge in [-0.3, -0.25) is 4.68 Å². The van der Waals surface area contributed by atoms with Crippen molar-refractivity contribution in [2.75, 3.05) is 6.26 Å². The van der Waals surface area contributed by atoms with Gasteiger partial charge in [0.1, 0.15) is 11.9 Å². The Bertz CT molecular complexity index is 539. The lowest BCUT2D eigenvalue weighted by Gasteiger charge is -2.22. The molecule has 0 aliphatic carbocycles. The molecule has 5 heteroatoms. The molecule has 0 aliphatic heterocycles. The van der Waals surface area contributed by atoms with Gasteiger partial charge in [0.15, 0.2) is 0 Å². The zero-order chi connectivity index (χ0) is 13.8. The number of para-hydroxylation sites is 1. The molecule has 0 radical (unpaired) electrons. The molecule has 0 bridgehead atoms. The third-order valence-corrected chi connectivity index (χ3v) is 3.63. The monoisotopic (exact) mass is 277 g/mol. The van der Waals surface area contributed by atoms with Crippen LogP contribution in [0.15, 0.2) is 41.6 Å². The second-order valence-electron chi connectivity index (χ2n) is 4.50. The van der Waals surface area contributed by atoms with Crippen molar-refractivity contribution in [3.05, 3.63) is 42.2 Å². The highest BCUT2D eigenvalue weighted by Crippen LogP contribution is 2.31. The van der Waals surface area contributed by atoms with E-state index in [4.69, 9.17) is 10.5 Å². The maximum atomic E-state index is 6.10. The zero-order valence-electron chi connectivity index (χ0n) is 11.4. The number of hydrogen-bond acceptors (Lipinski definition) is 4. The summed E-state index contributed by atoms with van der Waals surface area (Å²) in [4.78, 5) is 1.11. The van der Waals surface area contributed by atoms with Crippen LogP contribution in [0.4, 0.5) is 0 Å². The van der Waals surface area contributed by atoms with Gasteiger partial charge in [0.2, 0.25) is 0 Å². The molecule has 0 fully saturated rings. The van der Waals surface area contributed by atoms with Crippen molar-refractivity contribution in [1.29, 1.82) is 0 Å². The van der Waals surface area contributed by atoms with Gasteiger partial charge >= 0.3 is 0 Å². The van der Waals surface area contributed by atoms with Crippen molar-refractivity contribution in [1.82, 2.24) is 9.78 Å². The van der Waals surface area contributed by atoms with Gasteiger partial charge in [-0.25, -0.2) is 0 Å². The smallest absolute Gasteiger partial charge is 0.142 e. The van der Waals surface area contributed by atoms with Crippen molar-refractivity contribution >= 4 is 11.8 Å². The van der Waals surface area contributed by atoms with Crippen LogP contribution in [0.1, 0.15) is 18.6 Å². The first-order chi connectivity index (χ1) is 9.11. The molecule has 0 saturated heterocycles. The number of nitrogens with two attached hydrogens (primary N) is 1. The van der Waals surface area contributed by atoms with Gasteiger partial charge in [-0.15, -0.1) is 11.8 Å². The minimum absolute atomic E-state index is 0.112. The Balaban J connectivity index is 2.26. The first-order valence-corrected chi connectivity index (χ1v) is 7.38. The SMILES string of the molecule is CSc1ccccc1OC(c1cnn(C)c1)C(C)N. The third-order valence-electron chi connectivity index (χ3n) is 2.85. The van der Waals surface area contributed by atoms with Crippen molar-refractivity contribution in [3.63, 3.8) is 0 Å². The number of ether oxygens (including phenoxy) is 1. The van der Waals surface area contributed by atoms with E-state index in [9.17, 15) is 0 Å². The summed E-state index contributed by atoms with van der Waals surface area (Å²) in [6.07, 6.45) is 5.58. The molecule has 0 amide bonds. The number of hydrogen-bond donors (Lipinski definition) is 1. The normalized spacial score (nSPS) is 14.1. The van der Waals surface area contributed by atoms with E-state index < -0.39 is 0 Å². The molecule has 2 N–H and O–H groups in total. The maximum Gasteiger partial charge on any atom is 0.142 e. The van der Waals surface area contributed by atoms with Crippen LogP contribution >= 0.6 is 11.8 Å². The highest BCUT2D eigenvalue weighted by molar-refractivity contribution is 7.98. The number of benzene rings is 1. The van der Waals surface area contributed by atoms with Crippen LogP contribution in [0.3, 0.4) is 0 Å². The van der Waals surface area contributed by atoms with Crippen LogP contribution < -0.4 is 10.5 Å². The summed E-state index contributed by atoms with van der Waals surface area (Å²) in [6, 6.07) is 7.87. The first kappa shape index (κ1) is 14.0. The molecule has 2 aromatic rings. The second-order valence-corrected chi connectivity index (χ2v) is 5.34. The summed E-state index contributed by atoms with van der Waals surface area (Å²) in [5.41, 5.74) is 7.04. The minimum atomic E-state index is -0.193. The summed E-state index contributed by atoms with van der Waals surface area (Å²) < 4.78 is 7.86. The molecule has 2 atom stereocenters. The molecule has 19 heavy (non-hydrogen) atoms. The first-order valence-electron chi connectivity index (χ1n) is 6.15. The summed E-state index contributed by atoms with van der Waals surface area (Å²) in [5, 5.41) is 4.18. The number of aryl methyl sites for hydroxylation is 1. The average molecular weight is 277 g/mol. The predicted molar refractivity (Wildman–Crippen MR) is 78.4 cm³/mol. The van der Waals surface area contributed by atoms with E-state index in [1.807, 2.05) is 50.7 Å². The number of nitrogens with zero attached hydrogens (tertiary/aromatic N) is 2. The Morgan fingerprint density at radius 1 is 1.37 bits per heavy atom. The molecular weight excluding hydrogens is 258 g/mol. The number of thioether (sulfide) groups is 1. The molecule has 0 saturated carbocycles. The quantitative estimate of drug-likeness (QED) is 0.854. The van der Waals surface area contributed by atoms with Crippen LogP contribution in [0.25, 0.3) is 0 Å². The van der Waals surface area contributed by atoms with Gasteiger partial charge in [-0.2, -0.15) is 5.10 Å². The highest BCUT2D eigenvalue weighted by Gasteiger charge is 2.20. The molecule has 1 aromatic heterocycles. The fourth-order valence-electron chi connectivity index (χ4n) is 1.92. The summed E-state index contributed by atoms with van der Waals surface area (Å²) in [6.45, 7) is 1.94. The Kier molecular flexibility index (Phi) is 4.50. The van der Waals surface area contributed by atoms with E-state index in [0.717, 1.165) is 16.2 Å². The van der Waals surface area contributed by atoms with E-state index >= 15 is 0 Å². The lowest BCUT2D eigenvalue weighted by Crippen LogP contribution is -2.28. The van der Waals surface area contributed by atoms with Gasteiger partial charge in [0, 0.05) is 29.7 Å². The molecule has 4 nitrogen and oxygen atoms in total. The molecule has 0 aliphatic rings. The topological polar surface area (TPSA) is 53.1 Å². The van der Waals surface area contributed by atoms with Gasteiger partial charge in [-0.1, -0.05) is 12.1 Å². The Morgan fingerprint density at radius 2 is 2.11 bits per heavy atom. The lowest BCUT2D eigenvalue weighted by atomic mass is 10.1. The van der Waals surface area contributed by atoms with E-state index in [-0.39, 0.29) is 12.1 Å². The molecular formula is C14H19N3OS. The maximum absolute atomic E-state index is 6.10. The van der Waals surface area contributed by atoms with Crippen molar-refractivity contribution < 1.29 is 4.74 Å². The Morgan fingerprint density at radius 3 is 2.68 bits per heavy atom. The summed E-state index contributed by atoms with van der Waals surface area (Å²) in [7, 11) is 1.89. The molecule has 1 aromatic carbocycles. The molecule has 1 heterocycles. The van der Waals surface area contributed by atoms with Crippen LogP contribution in [-0.2, 0) is 7.05 Å². The van der Waals surface area contributed by atoms with Crippen LogP contribution in [-0.4, -0.2) is 22.1 Å². The van der Waals surface area contributed by atoms with Gasteiger partial charge in [0.05, 0.1) is 6.20 Å². The van der Waals surface area contributed by atoms with E-state index in [2.05, 4.69) is 5.10 Å². The van der Waals surface area contributed by atoms with Crippen LogP contribution in [0.5, 0.6) is 5.75 Å². The second kappa shape index (κ2) is 6.12. The van der Waals surface area contributed by atoms with Crippen molar-refractivity contribution in [2.45, 2.75) is 24.0 Å². The van der Waals surface area contributed by atoms with Crippen molar-refractivity contribution in [3.8, 4) is 5.75 Å². The van der Waals surface area contributed by atoms with E-state index in [1.165, 1.54) is 0 Å². The fourth-order valence-corrected chi connectivity index (χ4v) is 2.45. The third kappa shape index (κ3) is 3.30. The largest absolute Gasteiger partial charge is 0.483 e. The fraction of sp³-hybridized carbons (Fsp3) is 0.357. The molecule has 2 unspecified atom stereocenters. The van der Waals surface area contributed by atoms with Gasteiger partial charge < -0.3 is 10.5 Å². The predicted octanol–water partition coefficient (Wildman–Crippen LogP) is 2.61. The zero-order valence-corrected chi connectivity index (χ0v) is 12.2. The number of rotatable bonds is 5. The Labute approximate surface area is 117 Å². The van der Waals surface area contributed by atoms with Gasteiger partial charge in [0.25, 0.3) is 0 Å². The highest BCUT2D eigenvalue weighted by atomic mass is 32.2. The summed E-state index contributed by atoms with van der Waals surface area (Å²) in [5.74, 6) is 0.862. The lowest BCUT2D eigenvalue weighted by molar-refractivity contribution is 0.176. The minimum Gasteiger partial charge on any atom is -0.483 e. The van der Waals surface area contributed by atoms with Crippen LogP contribution in [0, 0.1) is 0 Å². The average Bonchev–Trinajstić information content (AvgIpc) is 2.82. The number of aromatic nitrogens is 2. The van der Waals surface area contributed by atoms with Crippen molar-refractivity contribution in [2.24, 2.45) is 12.8 Å². The molecule has 2 rings (SSSR count). The standard InChI is InChI=1S/C14H19N3OS/c1-10(15)14(11-8-16-17(2)9-11)18-12-6-4-5-7-13(12)19-3/h4-10,14H,15H2,1-3H3. The van der Waals surface area contributed by atoms with Gasteiger partial charge in [-0.05, 0) is 25.3 Å². The molecule has 102 valence electrons. The Hall–Kier alpha value is -1.46. The molecule has 0 spiro atoms. The summed E-state index contributed by atoms with van der Waals surface area (Å²) >= 11 is 1.66. The van der Waals surface area contributed by atoms with E-state index in [0.29, 0.717) is 0 Å².